The molecule has 1 saturated heterocycles. The van der Waals surface area contributed by atoms with Crippen molar-refractivity contribution in [3.63, 3.8) is 0 Å². The molecule has 3 rings (SSSR count). The molecule has 132 valence electrons. The van der Waals surface area contributed by atoms with E-state index in [1.54, 1.807) is 14.0 Å². The van der Waals surface area contributed by atoms with E-state index in [0.29, 0.717) is 6.54 Å². The number of carbonyl (C=O) groups excluding carboxylic acids is 1. The molecule has 1 aliphatic rings. The second-order valence-corrected chi connectivity index (χ2v) is 7.35. The van der Waals surface area contributed by atoms with Crippen LogP contribution in [0.2, 0.25) is 0 Å². The van der Waals surface area contributed by atoms with Crippen LogP contribution in [0.5, 0.6) is 5.75 Å². The van der Waals surface area contributed by atoms with Gasteiger partial charge in [-0.25, -0.2) is 4.68 Å². The normalized spacial score (nSPS) is 19.1. The Morgan fingerprint density at radius 3 is 2.96 bits per heavy atom. The van der Waals surface area contributed by atoms with Crippen LogP contribution in [0.4, 0.5) is 0 Å². The average Bonchev–Trinajstić information content (AvgIpc) is 3.04. The minimum atomic E-state index is 0.154. The maximum absolute atomic E-state index is 11.4. The first-order valence-corrected chi connectivity index (χ1v) is 9.13. The molecule has 1 fully saturated rings. The molecule has 1 aliphatic heterocycles. The third-order valence-electron chi connectivity index (χ3n) is 4.03. The Bertz CT molecular complexity index is 755. The standard InChI is InChI=1S/C18H22N4O2S/c1-13(23)25-18-7-8-19-10-15(18)9-16-12-22(21-20-16)11-14-3-5-17(24-2)6-4-14/h3-6,9,12,18-19H,7-8,10-11H2,1-2H3. The second kappa shape index (κ2) is 8.31. The van der Waals surface area contributed by atoms with E-state index in [0.717, 1.165) is 36.5 Å². The van der Waals surface area contributed by atoms with Crippen molar-refractivity contribution in [1.29, 1.82) is 0 Å². The van der Waals surface area contributed by atoms with Crippen molar-refractivity contribution < 1.29 is 9.53 Å². The third kappa shape index (κ3) is 4.93. The zero-order valence-corrected chi connectivity index (χ0v) is 15.3. The molecule has 6 nitrogen and oxygen atoms in total. The van der Waals surface area contributed by atoms with Gasteiger partial charge in [-0.3, -0.25) is 4.79 Å². The number of hydrogen-bond donors (Lipinski definition) is 1. The summed E-state index contributed by atoms with van der Waals surface area (Å²) in [5.41, 5.74) is 3.15. The number of methoxy groups -OCH3 is 1. The highest BCUT2D eigenvalue weighted by Gasteiger charge is 2.21. The minimum Gasteiger partial charge on any atom is -0.497 e. The fraction of sp³-hybridized carbons (Fsp3) is 0.389. The van der Waals surface area contributed by atoms with Gasteiger partial charge in [-0.1, -0.05) is 29.1 Å². The average molecular weight is 358 g/mol. The lowest BCUT2D eigenvalue weighted by Gasteiger charge is -2.24. The highest BCUT2D eigenvalue weighted by Crippen LogP contribution is 2.26. The zero-order chi connectivity index (χ0) is 17.6. The van der Waals surface area contributed by atoms with Gasteiger partial charge in [0.05, 0.1) is 19.9 Å². The van der Waals surface area contributed by atoms with Gasteiger partial charge < -0.3 is 10.1 Å². The molecule has 7 heteroatoms. The summed E-state index contributed by atoms with van der Waals surface area (Å²) in [6.07, 6.45) is 4.93. The predicted octanol–water partition coefficient (Wildman–Crippen LogP) is 2.36. The van der Waals surface area contributed by atoms with E-state index in [4.69, 9.17) is 4.74 Å². The number of hydrogen-bond acceptors (Lipinski definition) is 6. The van der Waals surface area contributed by atoms with Gasteiger partial charge in [0.15, 0.2) is 5.12 Å². The Labute approximate surface area is 151 Å². The van der Waals surface area contributed by atoms with E-state index in [9.17, 15) is 4.79 Å². The maximum atomic E-state index is 11.4. The Balaban J connectivity index is 1.70. The van der Waals surface area contributed by atoms with Crippen molar-refractivity contribution in [3.8, 4) is 5.75 Å². The summed E-state index contributed by atoms with van der Waals surface area (Å²) in [5, 5.41) is 12.2. The largest absolute Gasteiger partial charge is 0.497 e. The van der Waals surface area contributed by atoms with E-state index in [1.807, 2.05) is 41.2 Å². The van der Waals surface area contributed by atoms with E-state index in [-0.39, 0.29) is 10.4 Å². The molecule has 1 aromatic carbocycles. The number of rotatable bonds is 5. The van der Waals surface area contributed by atoms with Crippen LogP contribution in [0.1, 0.15) is 24.6 Å². The van der Waals surface area contributed by atoms with Gasteiger partial charge in [-0.05, 0) is 42.3 Å². The Morgan fingerprint density at radius 2 is 2.24 bits per heavy atom. The summed E-state index contributed by atoms with van der Waals surface area (Å²) < 4.78 is 6.99. The molecule has 0 aliphatic carbocycles. The maximum Gasteiger partial charge on any atom is 0.186 e. The first-order chi connectivity index (χ1) is 12.1. The molecule has 0 spiro atoms. The summed E-state index contributed by atoms with van der Waals surface area (Å²) in [6.45, 7) is 4.00. The molecule has 0 radical (unpaired) electrons. The lowest BCUT2D eigenvalue weighted by atomic mass is 10.1. The van der Waals surface area contributed by atoms with Gasteiger partial charge in [0, 0.05) is 18.7 Å². The monoisotopic (exact) mass is 358 g/mol. The molecule has 1 aromatic heterocycles. The molecular weight excluding hydrogens is 336 g/mol. The Morgan fingerprint density at radius 1 is 1.44 bits per heavy atom. The van der Waals surface area contributed by atoms with Crippen LogP contribution in [0.25, 0.3) is 6.08 Å². The topological polar surface area (TPSA) is 69.0 Å². The van der Waals surface area contributed by atoms with E-state index < -0.39 is 0 Å². The number of ether oxygens (including phenoxy) is 1. The predicted molar refractivity (Wildman–Crippen MR) is 99.6 cm³/mol. The zero-order valence-electron chi connectivity index (χ0n) is 14.4. The summed E-state index contributed by atoms with van der Waals surface area (Å²) in [7, 11) is 1.66. The van der Waals surface area contributed by atoms with Gasteiger partial charge in [0.1, 0.15) is 11.4 Å². The molecule has 0 saturated carbocycles. The second-order valence-electron chi connectivity index (χ2n) is 5.97. The lowest BCUT2D eigenvalue weighted by Crippen LogP contribution is -2.32. The molecule has 1 unspecified atom stereocenters. The van der Waals surface area contributed by atoms with E-state index in [1.165, 1.54) is 17.3 Å². The first kappa shape index (κ1) is 17.7. The molecule has 2 aromatic rings. The van der Waals surface area contributed by atoms with Crippen LogP contribution in [0.15, 0.2) is 36.0 Å². The van der Waals surface area contributed by atoms with Gasteiger partial charge in [-0.15, -0.1) is 5.10 Å². The van der Waals surface area contributed by atoms with Crippen LogP contribution in [-0.2, 0) is 11.3 Å². The molecule has 2 heterocycles. The lowest BCUT2D eigenvalue weighted by molar-refractivity contribution is -0.109. The molecular formula is C18H22N4O2S. The fourth-order valence-corrected chi connectivity index (χ4v) is 3.75. The molecule has 1 atom stereocenters. The van der Waals surface area contributed by atoms with Gasteiger partial charge in [0.25, 0.3) is 0 Å². The van der Waals surface area contributed by atoms with Gasteiger partial charge >= 0.3 is 0 Å². The van der Waals surface area contributed by atoms with Crippen molar-refractivity contribution in [2.75, 3.05) is 20.2 Å². The number of benzene rings is 1. The number of aromatic nitrogens is 3. The summed E-state index contributed by atoms with van der Waals surface area (Å²) in [6, 6.07) is 7.91. The first-order valence-electron chi connectivity index (χ1n) is 8.25. The minimum absolute atomic E-state index is 0.154. The van der Waals surface area contributed by atoms with Crippen LogP contribution in [0, 0.1) is 0 Å². The quantitative estimate of drug-likeness (QED) is 0.885. The number of carbonyl (C=O) groups is 1. The highest BCUT2D eigenvalue weighted by molar-refractivity contribution is 8.14. The van der Waals surface area contributed by atoms with Crippen molar-refractivity contribution >= 4 is 23.0 Å². The van der Waals surface area contributed by atoms with Gasteiger partial charge in [0.2, 0.25) is 0 Å². The smallest absolute Gasteiger partial charge is 0.186 e. The summed E-state index contributed by atoms with van der Waals surface area (Å²) >= 11 is 1.40. The van der Waals surface area contributed by atoms with Crippen LogP contribution in [-0.4, -0.2) is 45.6 Å². The van der Waals surface area contributed by atoms with Crippen LogP contribution in [0.3, 0.4) is 0 Å². The van der Waals surface area contributed by atoms with Gasteiger partial charge in [-0.2, -0.15) is 0 Å². The van der Waals surface area contributed by atoms with Crippen LogP contribution < -0.4 is 10.1 Å². The fourth-order valence-electron chi connectivity index (χ4n) is 2.81. The third-order valence-corrected chi connectivity index (χ3v) is 5.18. The van der Waals surface area contributed by atoms with Crippen LogP contribution >= 0.6 is 11.8 Å². The number of nitrogens with zero attached hydrogens (tertiary/aromatic N) is 3. The molecule has 0 bridgehead atoms. The Hall–Kier alpha value is -2.12. The summed E-state index contributed by atoms with van der Waals surface area (Å²) in [5.74, 6) is 0.839. The molecule has 0 amide bonds. The molecule has 1 N–H and O–H groups in total. The SMILES string of the molecule is COc1ccc(Cn2cc(C=C3CNCCC3SC(C)=O)nn2)cc1. The van der Waals surface area contributed by atoms with E-state index in [2.05, 4.69) is 15.6 Å². The van der Waals surface area contributed by atoms with Crippen molar-refractivity contribution in [2.45, 2.75) is 25.1 Å². The van der Waals surface area contributed by atoms with Crippen molar-refractivity contribution in [1.82, 2.24) is 20.3 Å². The summed E-state index contributed by atoms with van der Waals surface area (Å²) in [4.78, 5) is 11.4. The van der Waals surface area contributed by atoms with Crippen molar-refractivity contribution in [2.24, 2.45) is 0 Å². The number of nitrogens with one attached hydrogen (secondary N) is 1. The highest BCUT2D eigenvalue weighted by atomic mass is 32.2. The molecule has 25 heavy (non-hydrogen) atoms. The Kier molecular flexibility index (Phi) is 5.88. The van der Waals surface area contributed by atoms with Crippen molar-refractivity contribution in [3.05, 3.63) is 47.3 Å². The number of piperidine rings is 1. The van der Waals surface area contributed by atoms with E-state index >= 15 is 0 Å². The number of thioether (sulfide) groups is 1.